The van der Waals surface area contributed by atoms with Gasteiger partial charge in [-0.05, 0) is 36.7 Å². The predicted octanol–water partition coefficient (Wildman–Crippen LogP) is 5.70. The van der Waals surface area contributed by atoms with E-state index in [4.69, 9.17) is 34.8 Å². The van der Waals surface area contributed by atoms with E-state index in [1.54, 1.807) is 17.4 Å². The average molecular weight is 345 g/mol. The molecule has 0 spiro atoms. The van der Waals surface area contributed by atoms with Crippen molar-refractivity contribution in [3.8, 4) is 0 Å². The number of nitrogens with zero attached hydrogens (tertiary/aromatic N) is 2. The quantitative estimate of drug-likeness (QED) is 0.606. The lowest BCUT2D eigenvalue weighted by Crippen LogP contribution is -1.96. The van der Waals surface area contributed by atoms with Crippen molar-refractivity contribution in [2.45, 2.75) is 6.92 Å². The van der Waals surface area contributed by atoms with Crippen molar-refractivity contribution in [3.05, 3.63) is 44.5 Å². The van der Waals surface area contributed by atoms with Crippen LogP contribution >= 0.6 is 46.1 Å². The van der Waals surface area contributed by atoms with E-state index in [0.717, 1.165) is 15.1 Å². The smallest absolute Gasteiger partial charge is 0.225 e. The Morgan fingerprint density at radius 2 is 1.95 bits per heavy atom. The van der Waals surface area contributed by atoms with Gasteiger partial charge in [-0.2, -0.15) is 4.98 Å². The molecule has 0 aliphatic rings. The Hall–Kier alpha value is -1.07. The molecule has 20 heavy (non-hydrogen) atoms. The number of fused-ring (bicyclic) bond motifs is 1. The van der Waals surface area contributed by atoms with E-state index in [-0.39, 0.29) is 5.28 Å². The van der Waals surface area contributed by atoms with Gasteiger partial charge in [-0.25, -0.2) is 4.98 Å². The summed E-state index contributed by atoms with van der Waals surface area (Å²) in [7, 11) is 0. The van der Waals surface area contributed by atoms with Gasteiger partial charge in [0, 0.05) is 4.88 Å². The Balaban J connectivity index is 2.12. The van der Waals surface area contributed by atoms with E-state index in [2.05, 4.69) is 15.3 Å². The number of benzene rings is 1. The second-order valence-electron chi connectivity index (χ2n) is 4.14. The van der Waals surface area contributed by atoms with Gasteiger partial charge in [0.15, 0.2) is 0 Å². The van der Waals surface area contributed by atoms with E-state index in [1.165, 1.54) is 0 Å². The van der Waals surface area contributed by atoms with Crippen LogP contribution in [0.4, 0.5) is 11.5 Å². The van der Waals surface area contributed by atoms with E-state index < -0.39 is 0 Å². The van der Waals surface area contributed by atoms with Gasteiger partial charge in [-0.15, -0.1) is 11.3 Å². The van der Waals surface area contributed by atoms with Crippen molar-refractivity contribution in [2.75, 3.05) is 5.32 Å². The van der Waals surface area contributed by atoms with Gasteiger partial charge in [0.05, 0.1) is 21.1 Å². The molecule has 0 fully saturated rings. The molecule has 0 aliphatic heterocycles. The second kappa shape index (κ2) is 5.37. The number of rotatable bonds is 2. The van der Waals surface area contributed by atoms with Gasteiger partial charge in [-0.3, -0.25) is 0 Å². The molecule has 7 heteroatoms. The van der Waals surface area contributed by atoms with Crippen LogP contribution in [0.5, 0.6) is 0 Å². The minimum atomic E-state index is 0.194. The Morgan fingerprint density at radius 3 is 2.75 bits per heavy atom. The number of anilines is 2. The third-order valence-corrected chi connectivity index (χ3v) is 4.63. The fourth-order valence-corrected chi connectivity index (χ4v) is 3.29. The van der Waals surface area contributed by atoms with E-state index in [0.29, 0.717) is 21.6 Å². The van der Waals surface area contributed by atoms with Crippen LogP contribution in [0, 0.1) is 6.92 Å². The summed E-state index contributed by atoms with van der Waals surface area (Å²) in [6, 6.07) is 7.38. The van der Waals surface area contributed by atoms with Crippen LogP contribution in [0.3, 0.4) is 0 Å². The maximum Gasteiger partial charge on any atom is 0.225 e. The molecule has 0 aliphatic carbocycles. The Kier molecular flexibility index (Phi) is 3.73. The van der Waals surface area contributed by atoms with Gasteiger partial charge >= 0.3 is 0 Å². The predicted molar refractivity (Wildman–Crippen MR) is 86.9 cm³/mol. The van der Waals surface area contributed by atoms with Crippen molar-refractivity contribution in [1.29, 1.82) is 0 Å². The molecule has 0 saturated carbocycles. The molecule has 102 valence electrons. The Morgan fingerprint density at radius 1 is 1.15 bits per heavy atom. The minimum absolute atomic E-state index is 0.194. The van der Waals surface area contributed by atoms with Crippen LogP contribution in [0.2, 0.25) is 15.3 Å². The van der Waals surface area contributed by atoms with Crippen molar-refractivity contribution in [2.24, 2.45) is 0 Å². The summed E-state index contributed by atoms with van der Waals surface area (Å²) in [4.78, 5) is 10.4. The van der Waals surface area contributed by atoms with Crippen LogP contribution in [-0.4, -0.2) is 9.97 Å². The summed E-state index contributed by atoms with van der Waals surface area (Å²) in [6.07, 6.45) is 0. The molecule has 0 saturated heterocycles. The molecule has 0 radical (unpaired) electrons. The van der Waals surface area contributed by atoms with Crippen LogP contribution in [0.15, 0.2) is 24.3 Å². The zero-order valence-corrected chi connectivity index (χ0v) is 13.3. The Labute approximate surface area is 134 Å². The molecule has 0 amide bonds. The Bertz CT molecular complexity index is 801. The first kappa shape index (κ1) is 13.9. The van der Waals surface area contributed by atoms with Crippen molar-refractivity contribution < 1.29 is 0 Å². The molecule has 3 aromatic rings. The lowest BCUT2D eigenvalue weighted by atomic mass is 10.3. The number of aryl methyl sites for hydroxylation is 1. The topological polar surface area (TPSA) is 37.8 Å². The molecule has 0 atom stereocenters. The largest absolute Gasteiger partial charge is 0.338 e. The monoisotopic (exact) mass is 343 g/mol. The maximum absolute atomic E-state index is 6.17. The van der Waals surface area contributed by atoms with Crippen LogP contribution in [0.25, 0.3) is 10.2 Å². The molecular formula is C13H8Cl3N3S. The van der Waals surface area contributed by atoms with Crippen LogP contribution in [-0.2, 0) is 0 Å². The van der Waals surface area contributed by atoms with Crippen molar-refractivity contribution in [3.63, 3.8) is 0 Å². The lowest BCUT2D eigenvalue weighted by Gasteiger charge is -2.09. The molecular weight excluding hydrogens is 337 g/mol. The summed E-state index contributed by atoms with van der Waals surface area (Å²) in [5, 5.41) is 5.20. The molecule has 3 nitrogen and oxygen atoms in total. The first-order chi connectivity index (χ1) is 9.54. The summed E-state index contributed by atoms with van der Waals surface area (Å²) >= 11 is 19.7. The molecule has 2 heterocycles. The fourth-order valence-electron chi connectivity index (χ4n) is 1.84. The number of hydrogen-bond donors (Lipinski definition) is 1. The molecule has 1 N–H and O–H groups in total. The highest BCUT2D eigenvalue weighted by molar-refractivity contribution is 7.18. The molecule has 3 rings (SSSR count). The summed E-state index contributed by atoms with van der Waals surface area (Å²) in [5.74, 6) is 0.619. The third kappa shape index (κ3) is 2.56. The SMILES string of the molecule is Cc1cc2c(Nc3cccc(Cl)c3Cl)nc(Cl)nc2s1. The van der Waals surface area contributed by atoms with Crippen molar-refractivity contribution in [1.82, 2.24) is 9.97 Å². The molecule has 0 unspecified atom stereocenters. The van der Waals surface area contributed by atoms with Gasteiger partial charge in [0.1, 0.15) is 10.6 Å². The highest BCUT2D eigenvalue weighted by atomic mass is 35.5. The summed E-state index contributed by atoms with van der Waals surface area (Å²) in [5.41, 5.74) is 0.680. The first-order valence-corrected chi connectivity index (χ1v) is 7.64. The van der Waals surface area contributed by atoms with Gasteiger partial charge in [0.25, 0.3) is 0 Å². The standard InChI is InChI=1S/C13H8Cl3N3S/c1-6-5-7-11(18-13(16)19-12(7)20-6)17-9-4-2-3-8(14)10(9)15/h2-5H,1H3,(H,17,18,19). The van der Waals surface area contributed by atoms with E-state index >= 15 is 0 Å². The molecule has 1 aromatic carbocycles. The lowest BCUT2D eigenvalue weighted by molar-refractivity contribution is 1.23. The summed E-state index contributed by atoms with van der Waals surface area (Å²) < 4.78 is 0. The zero-order valence-electron chi connectivity index (χ0n) is 10.2. The number of nitrogens with one attached hydrogen (secondary N) is 1. The summed E-state index contributed by atoms with van der Waals surface area (Å²) in [6.45, 7) is 2.01. The van der Waals surface area contributed by atoms with E-state index in [9.17, 15) is 0 Å². The van der Waals surface area contributed by atoms with Crippen LogP contribution in [0.1, 0.15) is 4.88 Å². The molecule has 0 bridgehead atoms. The number of aromatic nitrogens is 2. The zero-order chi connectivity index (χ0) is 14.3. The molecule has 2 aromatic heterocycles. The number of halogens is 3. The van der Waals surface area contributed by atoms with Crippen molar-refractivity contribution >= 4 is 67.9 Å². The highest BCUT2D eigenvalue weighted by Gasteiger charge is 2.12. The minimum Gasteiger partial charge on any atom is -0.338 e. The van der Waals surface area contributed by atoms with Gasteiger partial charge in [-0.1, -0.05) is 29.3 Å². The fraction of sp³-hybridized carbons (Fsp3) is 0.0769. The van der Waals surface area contributed by atoms with E-state index in [1.807, 2.05) is 25.1 Å². The van der Waals surface area contributed by atoms with Gasteiger partial charge < -0.3 is 5.32 Å². The number of thiophene rings is 1. The maximum atomic E-state index is 6.17. The average Bonchev–Trinajstić information content (AvgIpc) is 2.75. The first-order valence-electron chi connectivity index (χ1n) is 5.69. The van der Waals surface area contributed by atoms with Crippen LogP contribution < -0.4 is 5.32 Å². The normalized spacial score (nSPS) is 11.0. The second-order valence-corrected chi connectivity index (χ2v) is 6.50. The number of hydrogen-bond acceptors (Lipinski definition) is 4. The third-order valence-electron chi connectivity index (χ3n) is 2.69. The van der Waals surface area contributed by atoms with Gasteiger partial charge in [0.2, 0.25) is 5.28 Å². The highest BCUT2D eigenvalue weighted by Crippen LogP contribution is 2.35.